The molecule has 0 saturated carbocycles. The quantitative estimate of drug-likeness (QED) is 0.808. The molecule has 2 atom stereocenters. The lowest BCUT2D eigenvalue weighted by Crippen LogP contribution is -2.47. The van der Waals surface area contributed by atoms with Crippen molar-refractivity contribution >= 4 is 0 Å². The van der Waals surface area contributed by atoms with E-state index in [1.807, 2.05) is 13.8 Å². The molecule has 1 aliphatic rings. The lowest BCUT2D eigenvalue weighted by molar-refractivity contribution is 0.0899. The molecule has 2 heterocycles. The van der Waals surface area contributed by atoms with Crippen LogP contribution in [0.1, 0.15) is 31.2 Å². The van der Waals surface area contributed by atoms with Gasteiger partial charge in [-0.05, 0) is 26.7 Å². The van der Waals surface area contributed by atoms with Crippen LogP contribution in [0.4, 0.5) is 0 Å². The highest BCUT2D eigenvalue weighted by Gasteiger charge is 2.30. The van der Waals surface area contributed by atoms with Crippen molar-refractivity contribution in [2.24, 2.45) is 0 Å². The molecule has 1 aromatic heterocycles. The fraction of sp³-hybridized carbons (Fsp3) is 0.692. The third-order valence-electron chi connectivity index (χ3n) is 3.46. The molecule has 1 fully saturated rings. The third kappa shape index (κ3) is 2.85. The minimum Gasteiger partial charge on any atom is -0.394 e. The second-order valence-corrected chi connectivity index (χ2v) is 5.00. The summed E-state index contributed by atoms with van der Waals surface area (Å²) in [5, 5.41) is 13.0. The second kappa shape index (κ2) is 5.73. The van der Waals surface area contributed by atoms with Crippen LogP contribution in [0.25, 0.3) is 0 Å². The predicted octanol–water partition coefficient (Wildman–Crippen LogP) is 0.761. The Morgan fingerprint density at radius 2 is 2.28 bits per heavy atom. The molecule has 0 aliphatic carbocycles. The molecule has 0 bridgehead atoms. The highest BCUT2D eigenvalue weighted by Crippen LogP contribution is 2.21. The number of aryl methyl sites for hydroxylation is 1. The molecular weight excluding hydrogens is 230 g/mol. The van der Waals surface area contributed by atoms with Crippen LogP contribution in [0.3, 0.4) is 0 Å². The van der Waals surface area contributed by atoms with Crippen molar-refractivity contribution in [3.05, 3.63) is 23.8 Å². The van der Waals surface area contributed by atoms with E-state index in [2.05, 4.69) is 15.3 Å². The zero-order valence-corrected chi connectivity index (χ0v) is 11.0. The van der Waals surface area contributed by atoms with E-state index in [1.165, 1.54) is 0 Å². The first-order chi connectivity index (χ1) is 8.65. The van der Waals surface area contributed by atoms with Gasteiger partial charge in [-0.1, -0.05) is 0 Å². The number of ether oxygens (including phenoxy) is 1. The van der Waals surface area contributed by atoms with Crippen molar-refractivity contribution in [3.63, 3.8) is 0 Å². The van der Waals surface area contributed by atoms with Gasteiger partial charge in [0.1, 0.15) is 0 Å². The van der Waals surface area contributed by atoms with Crippen molar-refractivity contribution in [2.75, 3.05) is 19.8 Å². The number of aliphatic hydroxyl groups is 1. The summed E-state index contributed by atoms with van der Waals surface area (Å²) in [5.41, 5.74) is 1.07. The normalized spacial score (nSPS) is 22.9. The minimum atomic E-state index is -0.565. The van der Waals surface area contributed by atoms with Gasteiger partial charge in [-0.2, -0.15) is 0 Å². The van der Waals surface area contributed by atoms with Crippen molar-refractivity contribution in [1.82, 2.24) is 15.3 Å². The van der Waals surface area contributed by atoms with Crippen LogP contribution in [0, 0.1) is 6.92 Å². The summed E-state index contributed by atoms with van der Waals surface area (Å²) in [6.45, 7) is 5.40. The number of rotatable bonds is 5. The topological polar surface area (TPSA) is 67.3 Å². The standard InChI is InChI=1S/C13H21N3O2/c1-10-12(15-6-5-14-10)13(2,9-17)16-8-11-4-3-7-18-11/h5-6,11,16-17H,3-4,7-9H2,1-2H3. The van der Waals surface area contributed by atoms with Gasteiger partial charge in [-0.15, -0.1) is 0 Å². The van der Waals surface area contributed by atoms with Gasteiger partial charge >= 0.3 is 0 Å². The van der Waals surface area contributed by atoms with E-state index in [1.54, 1.807) is 12.4 Å². The average Bonchev–Trinajstić information content (AvgIpc) is 2.90. The summed E-state index contributed by atoms with van der Waals surface area (Å²) in [6.07, 6.45) is 5.76. The van der Waals surface area contributed by atoms with Crippen LogP contribution >= 0.6 is 0 Å². The van der Waals surface area contributed by atoms with E-state index in [-0.39, 0.29) is 12.7 Å². The summed E-state index contributed by atoms with van der Waals surface area (Å²) in [7, 11) is 0. The van der Waals surface area contributed by atoms with E-state index in [4.69, 9.17) is 4.74 Å². The van der Waals surface area contributed by atoms with Gasteiger partial charge in [0.15, 0.2) is 0 Å². The Bertz CT molecular complexity index is 394. The van der Waals surface area contributed by atoms with Crippen LogP contribution in [0.2, 0.25) is 0 Å². The first-order valence-electron chi connectivity index (χ1n) is 6.41. The average molecular weight is 251 g/mol. The van der Waals surface area contributed by atoms with E-state index in [9.17, 15) is 5.11 Å². The monoisotopic (exact) mass is 251 g/mol. The lowest BCUT2D eigenvalue weighted by Gasteiger charge is -2.30. The Kier molecular flexibility index (Phi) is 4.27. The third-order valence-corrected chi connectivity index (χ3v) is 3.46. The molecule has 1 saturated heterocycles. The summed E-state index contributed by atoms with van der Waals surface area (Å²) in [5.74, 6) is 0. The zero-order valence-electron chi connectivity index (χ0n) is 11.0. The molecule has 2 unspecified atom stereocenters. The minimum absolute atomic E-state index is 0.0146. The van der Waals surface area contributed by atoms with Gasteiger partial charge in [0, 0.05) is 25.5 Å². The van der Waals surface area contributed by atoms with Gasteiger partial charge in [-0.3, -0.25) is 9.97 Å². The van der Waals surface area contributed by atoms with Crippen LogP contribution in [-0.2, 0) is 10.3 Å². The summed E-state index contributed by atoms with van der Waals surface area (Å²) < 4.78 is 5.58. The molecule has 0 spiro atoms. The van der Waals surface area contributed by atoms with Gasteiger partial charge < -0.3 is 15.2 Å². The highest BCUT2D eigenvalue weighted by atomic mass is 16.5. The van der Waals surface area contributed by atoms with Crippen LogP contribution in [0.5, 0.6) is 0 Å². The molecule has 0 amide bonds. The van der Waals surface area contributed by atoms with Gasteiger partial charge in [0.05, 0.1) is 29.6 Å². The molecule has 5 heteroatoms. The van der Waals surface area contributed by atoms with Crippen LogP contribution < -0.4 is 5.32 Å². The first kappa shape index (κ1) is 13.4. The Labute approximate surface area is 108 Å². The van der Waals surface area contributed by atoms with Crippen molar-refractivity contribution < 1.29 is 9.84 Å². The fourth-order valence-corrected chi connectivity index (χ4v) is 2.31. The lowest BCUT2D eigenvalue weighted by atomic mass is 9.96. The second-order valence-electron chi connectivity index (χ2n) is 5.00. The smallest absolute Gasteiger partial charge is 0.0837 e. The molecule has 1 aromatic rings. The largest absolute Gasteiger partial charge is 0.394 e. The highest BCUT2D eigenvalue weighted by molar-refractivity contribution is 5.19. The maximum Gasteiger partial charge on any atom is 0.0837 e. The van der Waals surface area contributed by atoms with Gasteiger partial charge in [-0.25, -0.2) is 0 Å². The molecule has 18 heavy (non-hydrogen) atoms. The first-order valence-corrected chi connectivity index (χ1v) is 6.41. The Morgan fingerprint density at radius 1 is 1.50 bits per heavy atom. The van der Waals surface area contributed by atoms with Gasteiger partial charge in [0.25, 0.3) is 0 Å². The molecule has 100 valence electrons. The summed E-state index contributed by atoms with van der Waals surface area (Å²) in [4.78, 5) is 8.57. The number of hydrogen-bond donors (Lipinski definition) is 2. The van der Waals surface area contributed by atoms with E-state index < -0.39 is 5.54 Å². The maximum atomic E-state index is 9.67. The van der Waals surface area contributed by atoms with E-state index in [0.29, 0.717) is 0 Å². The Hall–Kier alpha value is -1.04. The number of aliphatic hydroxyl groups excluding tert-OH is 1. The zero-order chi connectivity index (χ0) is 13.0. The molecule has 1 aliphatic heterocycles. The SMILES string of the molecule is Cc1nccnc1C(C)(CO)NCC1CCCO1. The van der Waals surface area contributed by atoms with Crippen LogP contribution in [0.15, 0.2) is 12.4 Å². The molecule has 5 nitrogen and oxygen atoms in total. The van der Waals surface area contributed by atoms with Crippen molar-refractivity contribution in [1.29, 1.82) is 0 Å². The van der Waals surface area contributed by atoms with Gasteiger partial charge in [0.2, 0.25) is 0 Å². The number of nitrogens with one attached hydrogen (secondary N) is 1. The summed E-state index contributed by atoms with van der Waals surface area (Å²) >= 11 is 0. The molecule has 0 aromatic carbocycles. The molecule has 2 N–H and O–H groups in total. The predicted molar refractivity (Wildman–Crippen MR) is 68.2 cm³/mol. The molecule has 2 rings (SSSR count). The number of nitrogens with zero attached hydrogens (tertiary/aromatic N) is 2. The maximum absolute atomic E-state index is 9.67. The molecule has 0 radical (unpaired) electrons. The van der Waals surface area contributed by atoms with Crippen LogP contribution in [-0.4, -0.2) is 40.9 Å². The van der Waals surface area contributed by atoms with Crippen molar-refractivity contribution in [3.8, 4) is 0 Å². The number of hydrogen-bond acceptors (Lipinski definition) is 5. The summed E-state index contributed by atoms with van der Waals surface area (Å²) in [6, 6.07) is 0. The molecular formula is C13H21N3O2. The van der Waals surface area contributed by atoms with E-state index in [0.717, 1.165) is 37.4 Å². The fourth-order valence-electron chi connectivity index (χ4n) is 2.31. The Morgan fingerprint density at radius 3 is 2.89 bits per heavy atom. The number of aromatic nitrogens is 2. The van der Waals surface area contributed by atoms with E-state index >= 15 is 0 Å². The van der Waals surface area contributed by atoms with Crippen molar-refractivity contribution in [2.45, 2.75) is 38.3 Å². The Balaban J connectivity index is 2.07.